The van der Waals surface area contributed by atoms with Crippen molar-refractivity contribution >= 4 is 6.09 Å². The van der Waals surface area contributed by atoms with Gasteiger partial charge in [0.25, 0.3) is 0 Å². The number of aliphatic hydroxyl groups excluding tert-OH is 1. The minimum Gasteiger partial charge on any atom is -0.441 e. The molecule has 2 N–H and O–H groups in total. The van der Waals surface area contributed by atoms with E-state index in [0.29, 0.717) is 13.1 Å². The molecule has 2 saturated heterocycles. The van der Waals surface area contributed by atoms with Gasteiger partial charge in [0.15, 0.2) is 0 Å². The number of rotatable bonds is 2. The molecule has 2 fully saturated rings. The minimum absolute atomic E-state index is 0.000347. The maximum Gasteiger partial charge on any atom is 0.410 e. The highest BCUT2D eigenvalue weighted by Gasteiger charge is 2.41. The molecule has 86 valence electrons. The molecule has 2 aliphatic heterocycles. The summed E-state index contributed by atoms with van der Waals surface area (Å²) in [5.74, 6) is 0. The average molecular weight is 214 g/mol. The number of hydrogen-bond acceptors (Lipinski definition) is 4. The maximum absolute atomic E-state index is 11.6. The normalized spacial score (nSPS) is 31.8. The third-order valence-corrected chi connectivity index (χ3v) is 3.20. The molecule has 5 heteroatoms. The fourth-order valence-electron chi connectivity index (χ4n) is 2.30. The second kappa shape index (κ2) is 4.37. The number of ether oxygens (including phenoxy) is 1. The van der Waals surface area contributed by atoms with E-state index in [4.69, 9.17) is 9.84 Å². The monoisotopic (exact) mass is 214 g/mol. The van der Waals surface area contributed by atoms with Crippen molar-refractivity contribution in [1.29, 1.82) is 0 Å². The number of aliphatic hydroxyl groups is 1. The predicted molar refractivity (Wildman–Crippen MR) is 54.6 cm³/mol. The Morgan fingerprint density at radius 1 is 1.53 bits per heavy atom. The molecule has 5 nitrogen and oxygen atoms in total. The molecule has 0 aromatic rings. The number of nitrogens with one attached hydrogen (secondary N) is 1. The largest absolute Gasteiger partial charge is 0.441 e. The van der Waals surface area contributed by atoms with Crippen molar-refractivity contribution in [3.63, 3.8) is 0 Å². The summed E-state index contributed by atoms with van der Waals surface area (Å²) in [5.41, 5.74) is -0.276. The van der Waals surface area contributed by atoms with E-state index in [9.17, 15) is 4.79 Å². The molecule has 0 aliphatic carbocycles. The number of carbonyl (C=O) groups excluding carboxylic acids is 1. The number of nitrogens with zero attached hydrogens (tertiary/aromatic N) is 1. The van der Waals surface area contributed by atoms with E-state index in [-0.39, 0.29) is 18.3 Å². The Hall–Kier alpha value is -0.810. The number of piperidine rings is 1. The molecule has 15 heavy (non-hydrogen) atoms. The topological polar surface area (TPSA) is 61.8 Å². The fraction of sp³-hybridized carbons (Fsp3) is 0.900. The van der Waals surface area contributed by atoms with E-state index in [1.54, 1.807) is 4.90 Å². The van der Waals surface area contributed by atoms with Crippen molar-refractivity contribution in [3.8, 4) is 0 Å². The van der Waals surface area contributed by atoms with Gasteiger partial charge < -0.3 is 20.1 Å². The Kier molecular flexibility index (Phi) is 3.11. The number of amides is 1. The standard InChI is InChI=1S/C10H18N2O3/c13-7-6-12-5-3-10(15-9(12)14)2-1-4-11-8-10/h11,13H,1-8H2. The summed E-state index contributed by atoms with van der Waals surface area (Å²) in [7, 11) is 0. The van der Waals surface area contributed by atoms with Gasteiger partial charge in [-0.15, -0.1) is 0 Å². The number of carbonyl (C=O) groups is 1. The minimum atomic E-state index is -0.279. The maximum atomic E-state index is 11.6. The summed E-state index contributed by atoms with van der Waals surface area (Å²) in [5, 5.41) is 12.0. The van der Waals surface area contributed by atoms with Crippen molar-refractivity contribution in [3.05, 3.63) is 0 Å². The summed E-state index contributed by atoms with van der Waals surface area (Å²) in [4.78, 5) is 13.2. The predicted octanol–water partition coefficient (Wildman–Crippen LogP) is -0.0568. The van der Waals surface area contributed by atoms with E-state index in [1.165, 1.54) is 0 Å². The Balaban J connectivity index is 1.94. The van der Waals surface area contributed by atoms with Crippen molar-refractivity contribution in [2.24, 2.45) is 0 Å². The highest BCUT2D eigenvalue weighted by molar-refractivity contribution is 5.69. The van der Waals surface area contributed by atoms with Crippen LogP contribution in [0.4, 0.5) is 4.79 Å². The van der Waals surface area contributed by atoms with Crippen LogP contribution in [-0.2, 0) is 4.74 Å². The van der Waals surface area contributed by atoms with Crippen molar-refractivity contribution in [1.82, 2.24) is 10.2 Å². The molecule has 0 aromatic heterocycles. The zero-order valence-corrected chi connectivity index (χ0v) is 8.87. The van der Waals surface area contributed by atoms with Crippen molar-refractivity contribution in [2.75, 3.05) is 32.8 Å². The highest BCUT2D eigenvalue weighted by Crippen LogP contribution is 2.29. The van der Waals surface area contributed by atoms with Gasteiger partial charge in [-0.3, -0.25) is 0 Å². The third kappa shape index (κ3) is 2.23. The Bertz CT molecular complexity index is 239. The molecule has 0 radical (unpaired) electrons. The van der Waals surface area contributed by atoms with Gasteiger partial charge in [0.2, 0.25) is 0 Å². The molecule has 0 aromatic carbocycles. The fourth-order valence-corrected chi connectivity index (χ4v) is 2.30. The smallest absolute Gasteiger partial charge is 0.410 e. The molecule has 2 heterocycles. The highest BCUT2D eigenvalue weighted by atomic mass is 16.6. The third-order valence-electron chi connectivity index (χ3n) is 3.20. The molecule has 0 bridgehead atoms. The summed E-state index contributed by atoms with van der Waals surface area (Å²) in [6.45, 7) is 2.86. The molecule has 1 atom stereocenters. The van der Waals surface area contributed by atoms with E-state index in [1.807, 2.05) is 0 Å². The average Bonchev–Trinajstić information content (AvgIpc) is 2.24. The second-order valence-corrected chi connectivity index (χ2v) is 4.29. The van der Waals surface area contributed by atoms with Crippen LogP contribution in [0.2, 0.25) is 0 Å². The van der Waals surface area contributed by atoms with E-state index in [0.717, 1.165) is 32.4 Å². The van der Waals surface area contributed by atoms with Crippen LogP contribution in [0, 0.1) is 0 Å². The van der Waals surface area contributed by atoms with Crippen LogP contribution in [-0.4, -0.2) is 54.5 Å². The first-order valence-corrected chi connectivity index (χ1v) is 5.55. The molecule has 0 saturated carbocycles. The zero-order valence-electron chi connectivity index (χ0n) is 8.87. The number of hydrogen-bond donors (Lipinski definition) is 2. The van der Waals surface area contributed by atoms with Gasteiger partial charge in [0, 0.05) is 26.1 Å². The zero-order chi connectivity index (χ0) is 10.7. The van der Waals surface area contributed by atoms with Gasteiger partial charge in [0.05, 0.1) is 6.61 Å². The van der Waals surface area contributed by atoms with Gasteiger partial charge in [-0.1, -0.05) is 0 Å². The summed E-state index contributed by atoms with van der Waals surface area (Å²) in [6, 6.07) is 0. The van der Waals surface area contributed by atoms with Crippen LogP contribution in [0.1, 0.15) is 19.3 Å². The molecule has 1 amide bonds. The lowest BCUT2D eigenvalue weighted by Gasteiger charge is -2.43. The lowest BCUT2D eigenvalue weighted by atomic mass is 9.89. The first-order valence-electron chi connectivity index (χ1n) is 5.55. The van der Waals surface area contributed by atoms with Crippen LogP contribution < -0.4 is 5.32 Å². The quantitative estimate of drug-likeness (QED) is 0.676. The molecule has 2 aliphatic rings. The second-order valence-electron chi connectivity index (χ2n) is 4.29. The summed E-state index contributed by atoms with van der Waals surface area (Å²) >= 11 is 0. The molecule has 1 unspecified atom stereocenters. The van der Waals surface area contributed by atoms with Crippen LogP contribution >= 0.6 is 0 Å². The van der Waals surface area contributed by atoms with E-state index < -0.39 is 0 Å². The van der Waals surface area contributed by atoms with Crippen LogP contribution in [0.25, 0.3) is 0 Å². The van der Waals surface area contributed by atoms with Crippen LogP contribution in [0.5, 0.6) is 0 Å². The van der Waals surface area contributed by atoms with E-state index in [2.05, 4.69) is 5.32 Å². The molecular formula is C10H18N2O3. The van der Waals surface area contributed by atoms with Crippen molar-refractivity contribution in [2.45, 2.75) is 24.9 Å². The first-order chi connectivity index (χ1) is 7.26. The Morgan fingerprint density at radius 2 is 2.40 bits per heavy atom. The Morgan fingerprint density at radius 3 is 3.00 bits per heavy atom. The van der Waals surface area contributed by atoms with Crippen LogP contribution in [0.3, 0.4) is 0 Å². The van der Waals surface area contributed by atoms with Gasteiger partial charge >= 0.3 is 6.09 Å². The molecular weight excluding hydrogens is 196 g/mol. The first kappa shape index (κ1) is 10.7. The number of β-amino-alcohol motifs (C(OH)–C–C–N with tert-alkyl or cyclic N) is 1. The van der Waals surface area contributed by atoms with Gasteiger partial charge in [0.1, 0.15) is 5.60 Å². The summed E-state index contributed by atoms with van der Waals surface area (Å²) in [6.07, 6.45) is 2.61. The SMILES string of the molecule is O=C1OC2(CCCNC2)CCN1CCO. The molecule has 2 rings (SSSR count). The van der Waals surface area contributed by atoms with Gasteiger partial charge in [-0.05, 0) is 19.4 Å². The molecule has 1 spiro atoms. The Labute approximate surface area is 89.4 Å². The van der Waals surface area contributed by atoms with Crippen molar-refractivity contribution < 1.29 is 14.6 Å². The van der Waals surface area contributed by atoms with Gasteiger partial charge in [-0.2, -0.15) is 0 Å². The lowest BCUT2D eigenvalue weighted by molar-refractivity contribution is -0.0621. The van der Waals surface area contributed by atoms with Gasteiger partial charge in [-0.25, -0.2) is 4.79 Å². The van der Waals surface area contributed by atoms with E-state index >= 15 is 0 Å². The summed E-state index contributed by atoms with van der Waals surface area (Å²) < 4.78 is 5.49. The lowest BCUT2D eigenvalue weighted by Crippen LogP contribution is -2.56. The van der Waals surface area contributed by atoms with Crippen LogP contribution in [0.15, 0.2) is 0 Å².